The molecule has 13 heteroatoms. The van der Waals surface area contributed by atoms with Crippen molar-refractivity contribution in [1.82, 2.24) is 35.5 Å². The van der Waals surface area contributed by atoms with Crippen molar-refractivity contribution in [2.45, 2.75) is 38.3 Å². The molecule has 3 aromatic rings. The number of amides is 2. The molecule has 0 aliphatic heterocycles. The lowest BCUT2D eigenvalue weighted by atomic mass is 9.79. The maximum absolute atomic E-state index is 12.9. The third-order valence-corrected chi connectivity index (χ3v) is 5.10. The predicted molar refractivity (Wildman–Crippen MR) is 107 cm³/mol. The van der Waals surface area contributed by atoms with Crippen molar-refractivity contribution in [2.75, 3.05) is 19.0 Å². The molecule has 1 saturated carbocycles. The molecule has 4 rings (SSSR count). The molecular formula is C19H22F2N8O3. The fraction of sp³-hybridized carbons (Fsp3) is 0.474. The van der Waals surface area contributed by atoms with Gasteiger partial charge in [-0.1, -0.05) is 0 Å². The summed E-state index contributed by atoms with van der Waals surface area (Å²) in [5.74, 6) is -3.29. The summed E-state index contributed by atoms with van der Waals surface area (Å²) in [7, 11) is 3.44. The molecule has 0 aromatic carbocycles. The van der Waals surface area contributed by atoms with E-state index in [1.165, 1.54) is 0 Å². The Hall–Kier alpha value is -3.64. The van der Waals surface area contributed by atoms with Gasteiger partial charge in [-0.2, -0.15) is 5.10 Å². The standard InChI is InChI=1S/C19H22F2N8O3/c1-28(2)17-16(26-32-27-17)18(31)23-9-13-10-29-14(25-13)3-12(8-24-29)7-22-15(30)4-11-5-19(20,21)6-11/h3,8,10-11H,4-7,9H2,1-2H3,(H,22,30)(H,23,31). The molecule has 0 bridgehead atoms. The van der Waals surface area contributed by atoms with Crippen LogP contribution < -0.4 is 15.5 Å². The van der Waals surface area contributed by atoms with Crippen molar-refractivity contribution in [1.29, 1.82) is 0 Å². The molecule has 0 unspecified atom stereocenters. The quantitative estimate of drug-likeness (QED) is 0.525. The Labute approximate surface area is 181 Å². The van der Waals surface area contributed by atoms with Crippen LogP contribution in [0.15, 0.2) is 23.1 Å². The van der Waals surface area contributed by atoms with Gasteiger partial charge in [0.1, 0.15) is 0 Å². The van der Waals surface area contributed by atoms with Crippen LogP contribution in [0.1, 0.15) is 41.0 Å². The van der Waals surface area contributed by atoms with Crippen molar-refractivity contribution in [2.24, 2.45) is 5.92 Å². The minimum absolute atomic E-state index is 0.0699. The number of hydrogen-bond acceptors (Lipinski definition) is 8. The summed E-state index contributed by atoms with van der Waals surface area (Å²) in [5.41, 5.74) is 1.90. The van der Waals surface area contributed by atoms with E-state index in [0.717, 1.165) is 5.56 Å². The molecule has 0 saturated heterocycles. The van der Waals surface area contributed by atoms with Crippen LogP contribution in [0.2, 0.25) is 0 Å². The molecular weight excluding hydrogens is 426 g/mol. The number of rotatable bonds is 8. The summed E-state index contributed by atoms with van der Waals surface area (Å²) in [6.07, 6.45) is 2.88. The van der Waals surface area contributed by atoms with E-state index >= 15 is 0 Å². The van der Waals surface area contributed by atoms with E-state index in [1.54, 1.807) is 42.0 Å². The molecule has 0 atom stereocenters. The zero-order chi connectivity index (χ0) is 22.9. The fourth-order valence-corrected chi connectivity index (χ4v) is 3.49. The molecule has 1 aliphatic rings. The zero-order valence-corrected chi connectivity index (χ0v) is 17.5. The number of imidazole rings is 1. The number of anilines is 1. The number of alkyl halides is 2. The van der Waals surface area contributed by atoms with Crippen molar-refractivity contribution in [3.8, 4) is 0 Å². The predicted octanol–water partition coefficient (Wildman–Crippen LogP) is 1.16. The van der Waals surface area contributed by atoms with Crippen molar-refractivity contribution in [3.63, 3.8) is 0 Å². The Balaban J connectivity index is 1.31. The lowest BCUT2D eigenvalue weighted by Crippen LogP contribution is -2.38. The van der Waals surface area contributed by atoms with Gasteiger partial charge in [-0.25, -0.2) is 22.9 Å². The average Bonchev–Trinajstić information content (AvgIpc) is 3.35. The third-order valence-electron chi connectivity index (χ3n) is 5.10. The highest BCUT2D eigenvalue weighted by Crippen LogP contribution is 2.43. The molecule has 1 aliphatic carbocycles. The molecule has 0 spiro atoms. The summed E-state index contributed by atoms with van der Waals surface area (Å²) in [6.45, 7) is 0.358. The van der Waals surface area contributed by atoms with Gasteiger partial charge >= 0.3 is 0 Å². The number of carbonyl (C=O) groups is 2. The van der Waals surface area contributed by atoms with E-state index in [4.69, 9.17) is 0 Å². The van der Waals surface area contributed by atoms with E-state index in [-0.39, 0.29) is 49.9 Å². The Morgan fingerprint density at radius 3 is 2.75 bits per heavy atom. The Kier molecular flexibility index (Phi) is 5.72. The molecule has 2 N–H and O–H groups in total. The Bertz CT molecular complexity index is 1130. The van der Waals surface area contributed by atoms with Gasteiger partial charge in [0.05, 0.1) is 24.6 Å². The van der Waals surface area contributed by atoms with Gasteiger partial charge in [-0.05, 0) is 27.9 Å². The van der Waals surface area contributed by atoms with Gasteiger partial charge in [-0.15, -0.1) is 0 Å². The van der Waals surface area contributed by atoms with Crippen molar-refractivity contribution in [3.05, 3.63) is 35.4 Å². The molecule has 32 heavy (non-hydrogen) atoms. The summed E-state index contributed by atoms with van der Waals surface area (Å²) in [4.78, 5) is 30.3. The zero-order valence-electron chi connectivity index (χ0n) is 17.5. The van der Waals surface area contributed by atoms with Crippen LogP contribution in [0.3, 0.4) is 0 Å². The van der Waals surface area contributed by atoms with Crippen LogP contribution in [0, 0.1) is 5.92 Å². The van der Waals surface area contributed by atoms with Crippen LogP contribution >= 0.6 is 0 Å². The lowest BCUT2D eigenvalue weighted by molar-refractivity contribution is -0.133. The summed E-state index contributed by atoms with van der Waals surface area (Å²) in [5, 5.41) is 17.0. The number of nitrogens with zero attached hydrogens (tertiary/aromatic N) is 6. The molecule has 1 fully saturated rings. The van der Waals surface area contributed by atoms with E-state index in [2.05, 4.69) is 35.7 Å². The van der Waals surface area contributed by atoms with E-state index < -0.39 is 11.8 Å². The van der Waals surface area contributed by atoms with Crippen molar-refractivity contribution >= 4 is 23.3 Å². The van der Waals surface area contributed by atoms with Crippen LogP contribution in [-0.4, -0.2) is 56.7 Å². The van der Waals surface area contributed by atoms with E-state index in [0.29, 0.717) is 17.2 Å². The first-order valence-electron chi connectivity index (χ1n) is 9.96. The first-order valence-corrected chi connectivity index (χ1v) is 9.96. The smallest absolute Gasteiger partial charge is 0.277 e. The van der Waals surface area contributed by atoms with Gasteiger partial charge in [0.15, 0.2) is 5.65 Å². The second-order valence-corrected chi connectivity index (χ2v) is 8.02. The molecule has 3 heterocycles. The third kappa shape index (κ3) is 4.81. The highest BCUT2D eigenvalue weighted by molar-refractivity contribution is 5.96. The van der Waals surface area contributed by atoms with Gasteiger partial charge in [0.25, 0.3) is 5.91 Å². The normalized spacial score (nSPS) is 15.4. The fourth-order valence-electron chi connectivity index (χ4n) is 3.49. The van der Waals surface area contributed by atoms with E-state index in [1.807, 2.05) is 0 Å². The topological polar surface area (TPSA) is 131 Å². The average molecular weight is 448 g/mol. The van der Waals surface area contributed by atoms with Crippen molar-refractivity contribution < 1.29 is 23.0 Å². The molecule has 2 amide bonds. The number of halogens is 2. The number of aromatic nitrogens is 5. The van der Waals surface area contributed by atoms with Crippen LogP contribution in [-0.2, 0) is 17.9 Å². The molecule has 0 radical (unpaired) electrons. The largest absolute Gasteiger partial charge is 0.358 e. The number of carbonyl (C=O) groups excluding carboxylic acids is 2. The SMILES string of the molecule is CN(C)c1nonc1C(=O)NCc1cn2ncc(CNC(=O)CC3CC(F)(F)C3)cc2n1. The van der Waals surface area contributed by atoms with Gasteiger partial charge in [-0.3, -0.25) is 9.59 Å². The summed E-state index contributed by atoms with van der Waals surface area (Å²) < 4.78 is 31.9. The molecule has 170 valence electrons. The van der Waals surface area contributed by atoms with Gasteiger partial charge < -0.3 is 15.5 Å². The summed E-state index contributed by atoms with van der Waals surface area (Å²) in [6, 6.07) is 1.75. The first-order chi connectivity index (χ1) is 15.2. The van der Waals surface area contributed by atoms with E-state index in [9.17, 15) is 18.4 Å². The maximum Gasteiger partial charge on any atom is 0.277 e. The second-order valence-electron chi connectivity index (χ2n) is 8.02. The minimum atomic E-state index is -2.63. The monoisotopic (exact) mass is 448 g/mol. The molecule has 3 aromatic heterocycles. The van der Waals surface area contributed by atoms with Crippen LogP contribution in [0.5, 0.6) is 0 Å². The Morgan fingerprint density at radius 2 is 2.03 bits per heavy atom. The first kappa shape index (κ1) is 21.6. The minimum Gasteiger partial charge on any atom is -0.358 e. The second kappa shape index (κ2) is 8.48. The molecule has 11 nitrogen and oxygen atoms in total. The number of fused-ring (bicyclic) bond motifs is 1. The lowest BCUT2D eigenvalue weighted by Gasteiger charge is -2.34. The summed E-state index contributed by atoms with van der Waals surface area (Å²) >= 11 is 0. The van der Waals surface area contributed by atoms with Gasteiger partial charge in [0, 0.05) is 39.9 Å². The highest BCUT2D eigenvalue weighted by atomic mass is 19.3. The van der Waals surface area contributed by atoms with Crippen LogP contribution in [0.4, 0.5) is 14.6 Å². The maximum atomic E-state index is 12.9. The number of hydrogen-bond donors (Lipinski definition) is 2. The van der Waals surface area contributed by atoms with Gasteiger partial charge in [0.2, 0.25) is 23.3 Å². The Morgan fingerprint density at radius 1 is 1.25 bits per heavy atom. The highest BCUT2D eigenvalue weighted by Gasteiger charge is 2.45. The number of nitrogens with one attached hydrogen (secondary N) is 2. The van der Waals surface area contributed by atoms with Crippen LogP contribution in [0.25, 0.3) is 5.65 Å².